The van der Waals surface area contributed by atoms with Crippen LogP contribution in [0.1, 0.15) is 12.8 Å². The van der Waals surface area contributed by atoms with Gasteiger partial charge < -0.3 is 24.7 Å². The van der Waals surface area contributed by atoms with E-state index in [0.717, 1.165) is 41.1 Å². The van der Waals surface area contributed by atoms with Gasteiger partial charge in [-0.3, -0.25) is 37.3 Å². The summed E-state index contributed by atoms with van der Waals surface area (Å²) < 4.78 is 103. The molecule has 8 aromatic heterocycles. The van der Waals surface area contributed by atoms with Gasteiger partial charge >= 0.3 is 0 Å². The molecule has 0 aliphatic carbocycles. The number of thioether (sulfide) groups is 2. The first-order valence-corrected chi connectivity index (χ1v) is 38.3. The molecule has 105 heavy (non-hydrogen) atoms. The third-order valence-electron chi connectivity index (χ3n) is 15.1. The van der Waals surface area contributed by atoms with E-state index in [1.54, 1.807) is 110 Å². The van der Waals surface area contributed by atoms with E-state index in [1.165, 1.54) is 44.9 Å². The van der Waals surface area contributed by atoms with Gasteiger partial charge in [0.15, 0.2) is 10.3 Å². The lowest BCUT2D eigenvalue weighted by Crippen LogP contribution is -2.29. The van der Waals surface area contributed by atoms with Crippen LogP contribution in [0.25, 0.3) is 90.1 Å². The molecule has 0 spiro atoms. The molecule has 9 heterocycles. The molecule has 0 amide bonds. The van der Waals surface area contributed by atoms with Crippen molar-refractivity contribution in [1.82, 2.24) is 58.6 Å². The average molecular weight is 1600 g/mol. The molecule has 1 fully saturated rings. The fourth-order valence-corrected chi connectivity index (χ4v) is 12.5. The highest BCUT2D eigenvalue weighted by Crippen LogP contribution is 2.32. The van der Waals surface area contributed by atoms with Gasteiger partial charge in [-0.1, -0.05) is 143 Å². The number of aliphatic hydroxyl groups excluding tert-OH is 1. The Morgan fingerprint density at radius 3 is 1.33 bits per heavy atom. The zero-order valence-corrected chi connectivity index (χ0v) is 62.3. The molecule has 35 heteroatoms. The number of aryl methyl sites for hydroxylation is 3. The second kappa shape index (κ2) is 40.3. The fraction of sp³-hybridized carbons (Fsp3) is 0.257. The van der Waals surface area contributed by atoms with E-state index >= 15 is 0 Å². The van der Waals surface area contributed by atoms with Crippen molar-refractivity contribution >= 4 is 142 Å². The second-order valence-electron chi connectivity index (χ2n) is 22.0. The topological polar surface area (TPSA) is 298 Å². The van der Waals surface area contributed by atoms with Crippen molar-refractivity contribution in [3.8, 4) is 44.5 Å². The normalized spacial score (nSPS) is 12.1. The predicted octanol–water partition coefficient (Wildman–Crippen LogP) is 14.4. The minimum Gasteiger partial charge on any atom is -0.394 e. The summed E-state index contributed by atoms with van der Waals surface area (Å²) in [6, 6.07) is 35.1. The standard InChI is InChI=1S/C20H20ClFN4O2.C16H13ClFN3O3S.C16H13ClFN3OS.C14H10ClN3OS.C2H5FOS.C2H5FO/c21-17-4-2-1-3-15(17)16-11-13-12-23-20(24-14-5-9-28-10-6-14)25-18(13)26(8-7-22)19(16)27;1-25(23,24)16-19-9-10-8-12(11-4-2-3-5-13(11)17)15(22)21(7-6-18)14(10)20-16;1-23-16-19-9-10-8-12(11-4-2-3-5-13(11)17)15(22)21(7-6-18)14(10)20-16;1-20-14-16-7-8-6-10(13(19)17-12(8)18-14)9-4-2-3-5-11(9)15;3-1-2-5-4;3-1-2-4/h1-4,11-12,14H,5-10H2,(H,23,24,25);2-5,8-9H,6-7H2,1H3;2-5,8-9H,6-7H2,1H3;2-7H,1H3,(H,16,17,18,19);4H,1-2H2;4H,1-2H2/i/hT. The Morgan fingerprint density at radius 1 is 0.543 bits per heavy atom. The van der Waals surface area contributed by atoms with Crippen LogP contribution in [0.5, 0.6) is 0 Å². The molecule has 4 aromatic carbocycles. The smallest absolute Gasteiger partial charge is 0.260 e. The number of nitrogens with one attached hydrogen (secondary N) is 2. The number of rotatable bonds is 19. The van der Waals surface area contributed by atoms with E-state index in [9.17, 15) is 49.5 Å². The number of fused-ring (bicyclic) bond motifs is 4. The molecule has 0 bridgehead atoms. The number of ether oxygens (including phenoxy) is 1. The molecule has 0 atom stereocenters. The third kappa shape index (κ3) is 21.4. The monoisotopic (exact) mass is 1600 g/mol. The van der Waals surface area contributed by atoms with Crippen LogP contribution >= 0.6 is 82.0 Å². The number of aromatic nitrogens is 12. The summed E-state index contributed by atoms with van der Waals surface area (Å²) in [4.78, 5) is 87.4. The molecule has 22 nitrogen and oxygen atoms in total. The number of alkyl halides is 5. The Balaban J connectivity index is 0.000000172. The number of H-pyrrole nitrogens is 1. The minimum absolute atomic E-state index is 0.0571. The molecule has 1 aliphatic heterocycles. The van der Waals surface area contributed by atoms with E-state index in [-0.39, 0.29) is 65.9 Å². The maximum Gasteiger partial charge on any atom is 0.260 e. The first-order valence-electron chi connectivity index (χ1n) is 32.0. The van der Waals surface area contributed by atoms with Crippen LogP contribution in [0.15, 0.2) is 181 Å². The highest BCUT2D eigenvalue weighted by atomic mass is 35.5. The van der Waals surface area contributed by atoms with Crippen LogP contribution in [0, 0.1) is 0 Å². The SMILES string of the molecule is CS(=O)(=O)c1ncc2cc(-c3ccccc3Cl)c(=O)n(CCF)c2n1.CSc1ncc2cc(-c3ccccc3Cl)c(=O)[nH]c2n1.CSc1ncc2cc(-c3ccccc3Cl)c(=O)n(CCF)c2n1.O=c1c(-c2ccccc2Cl)cc2cnc(NC3CCOCC3)nc2n1CCF.OCCF.[3H]OSCCF. The summed E-state index contributed by atoms with van der Waals surface area (Å²) in [5.41, 5.74) is 4.10. The number of pyridine rings is 4. The summed E-state index contributed by atoms with van der Waals surface area (Å²) >= 11 is 28.4. The van der Waals surface area contributed by atoms with Crippen molar-refractivity contribution in [2.24, 2.45) is 0 Å². The first-order chi connectivity index (χ1) is 51.2. The summed E-state index contributed by atoms with van der Waals surface area (Å²) in [5.74, 6) is 0.681. The zero-order valence-electron chi connectivity index (χ0n) is 57.0. The van der Waals surface area contributed by atoms with E-state index in [4.69, 9.17) is 57.7 Å². The van der Waals surface area contributed by atoms with Crippen molar-refractivity contribution in [1.29, 1.82) is 1.43 Å². The van der Waals surface area contributed by atoms with Gasteiger partial charge in [0.25, 0.3) is 22.2 Å². The van der Waals surface area contributed by atoms with Crippen LogP contribution in [0.4, 0.5) is 27.9 Å². The molecular formula is C70H66Cl4F5N13O9S4. The fourth-order valence-electron chi connectivity index (χ4n) is 10.3. The van der Waals surface area contributed by atoms with Crippen molar-refractivity contribution in [3.63, 3.8) is 0 Å². The van der Waals surface area contributed by atoms with Gasteiger partial charge in [-0.15, -0.1) is 0 Å². The Labute approximate surface area is 631 Å². The Hall–Kier alpha value is -8.47. The largest absolute Gasteiger partial charge is 0.394 e. The minimum atomic E-state index is -3.66. The van der Waals surface area contributed by atoms with E-state index < -0.39 is 53.9 Å². The van der Waals surface area contributed by atoms with Crippen LogP contribution in [-0.4, -0.2) is 160 Å². The van der Waals surface area contributed by atoms with Gasteiger partial charge in [0.05, 0.1) is 26.2 Å². The number of sulfone groups is 1. The Morgan fingerprint density at radius 2 is 0.933 bits per heavy atom. The van der Waals surface area contributed by atoms with Crippen molar-refractivity contribution in [3.05, 3.63) is 208 Å². The summed E-state index contributed by atoms with van der Waals surface area (Å²) in [6.07, 6.45) is 12.7. The number of benzene rings is 4. The number of nitrogens with zero attached hydrogens (tertiary/aromatic N) is 11. The number of aliphatic hydroxyl groups is 1. The Bertz CT molecular complexity index is 5390. The van der Waals surface area contributed by atoms with E-state index in [0.29, 0.717) is 122 Å². The number of hydrogen-bond donors (Lipinski definition) is 4. The maximum atomic E-state index is 13.2. The quantitative estimate of drug-likeness (QED) is 0.0192. The Kier molecular flexibility index (Phi) is 30.9. The van der Waals surface area contributed by atoms with Crippen LogP contribution in [-0.2, 0) is 34.2 Å². The van der Waals surface area contributed by atoms with Crippen LogP contribution in [0.3, 0.4) is 0 Å². The molecule has 12 aromatic rings. The molecule has 4 N–H and O–H groups in total. The summed E-state index contributed by atoms with van der Waals surface area (Å²) in [5, 5.41) is 15.9. The predicted molar refractivity (Wildman–Crippen MR) is 410 cm³/mol. The molecule has 13 rings (SSSR count). The highest BCUT2D eigenvalue weighted by Gasteiger charge is 2.22. The average Bonchev–Trinajstić information content (AvgIpc) is 0.781. The highest BCUT2D eigenvalue weighted by molar-refractivity contribution is 7.98. The van der Waals surface area contributed by atoms with Crippen molar-refractivity contribution in [2.75, 3.05) is 83.0 Å². The number of halogens is 9. The molecule has 1 saturated heterocycles. The van der Waals surface area contributed by atoms with Crippen molar-refractivity contribution in [2.45, 2.75) is 54.0 Å². The van der Waals surface area contributed by atoms with E-state index in [2.05, 4.69) is 54.7 Å². The molecule has 552 valence electrons. The maximum absolute atomic E-state index is 13.2. The van der Waals surface area contributed by atoms with Gasteiger partial charge in [-0.25, -0.2) is 55.9 Å². The van der Waals surface area contributed by atoms with Crippen LogP contribution in [0.2, 0.25) is 20.1 Å². The lowest BCUT2D eigenvalue weighted by atomic mass is 10.1. The molecule has 0 unspecified atom stereocenters. The zero-order chi connectivity index (χ0) is 76.5. The van der Waals surface area contributed by atoms with Gasteiger partial charge in [-0.05, 0) is 85.9 Å². The van der Waals surface area contributed by atoms with Gasteiger partial charge in [-0.2, -0.15) is 9.97 Å². The number of hydrogen-bond acceptors (Lipinski definition) is 21. The molecule has 1 aliphatic rings. The number of anilines is 1. The van der Waals surface area contributed by atoms with E-state index in [1.807, 2.05) is 36.8 Å². The first kappa shape index (κ1) is 80.6. The van der Waals surface area contributed by atoms with Crippen molar-refractivity contribution < 1.29 is 44.8 Å². The summed E-state index contributed by atoms with van der Waals surface area (Å²) in [7, 11) is -3.66. The van der Waals surface area contributed by atoms with Gasteiger partial charge in [0.2, 0.25) is 22.4 Å². The molecule has 0 saturated carbocycles. The lowest BCUT2D eigenvalue weighted by Gasteiger charge is -2.23. The second-order valence-corrected chi connectivity index (χ2v) is 27.7. The van der Waals surface area contributed by atoms with Crippen LogP contribution < -0.4 is 27.6 Å². The third-order valence-corrected chi connectivity index (χ3v) is 18.7. The summed E-state index contributed by atoms with van der Waals surface area (Å²) in [6.45, 7) is -2.54. The molecule has 0 radical (unpaired) electrons. The molecular weight excluding hydrogens is 1530 g/mol. The van der Waals surface area contributed by atoms with Gasteiger partial charge in [0, 0.05) is 142 Å². The van der Waals surface area contributed by atoms with Gasteiger partial charge in [0.1, 0.15) is 56.0 Å². The number of aromatic amines is 1. The lowest BCUT2D eigenvalue weighted by molar-refractivity contribution is 0.0903.